The Morgan fingerprint density at radius 2 is 1.53 bits per heavy atom. The highest BCUT2D eigenvalue weighted by Gasteiger charge is 2.19. The zero-order valence-electron chi connectivity index (χ0n) is 17.7. The number of hydrogen-bond acceptors (Lipinski definition) is 4. The van der Waals surface area contributed by atoms with Gasteiger partial charge in [-0.15, -0.1) is 0 Å². The van der Waals surface area contributed by atoms with Crippen LogP contribution in [0.4, 0.5) is 16.2 Å². The van der Waals surface area contributed by atoms with E-state index in [0.717, 1.165) is 44.3 Å². The number of methoxy groups -OCH3 is 1. The van der Waals surface area contributed by atoms with Gasteiger partial charge in [-0.05, 0) is 74.2 Å². The van der Waals surface area contributed by atoms with Gasteiger partial charge in [0.25, 0.3) is 10.0 Å². The minimum absolute atomic E-state index is 0.116. The molecule has 0 bridgehead atoms. The van der Waals surface area contributed by atoms with Crippen LogP contribution in [0, 0.1) is 13.8 Å². The van der Waals surface area contributed by atoms with Gasteiger partial charge < -0.3 is 15.0 Å². The number of ether oxygens (including phenoxy) is 1. The van der Waals surface area contributed by atoms with Crippen molar-refractivity contribution in [2.45, 2.75) is 44.4 Å². The van der Waals surface area contributed by atoms with Crippen LogP contribution in [0.2, 0.25) is 0 Å². The van der Waals surface area contributed by atoms with E-state index >= 15 is 0 Å². The van der Waals surface area contributed by atoms with Crippen LogP contribution < -0.4 is 14.8 Å². The summed E-state index contributed by atoms with van der Waals surface area (Å²) >= 11 is 0. The van der Waals surface area contributed by atoms with Crippen LogP contribution >= 0.6 is 0 Å². The van der Waals surface area contributed by atoms with E-state index in [1.54, 1.807) is 57.4 Å². The van der Waals surface area contributed by atoms with Gasteiger partial charge >= 0.3 is 6.03 Å². The first kappa shape index (κ1) is 22.0. The number of nitrogens with one attached hydrogen (secondary N) is 2. The third-order valence-corrected chi connectivity index (χ3v) is 6.79. The molecule has 1 saturated heterocycles. The van der Waals surface area contributed by atoms with Crippen LogP contribution in [0.15, 0.2) is 41.3 Å². The average Bonchev–Trinajstić information content (AvgIpc) is 3.00. The highest BCUT2D eigenvalue weighted by atomic mass is 32.2. The molecule has 2 aromatic rings. The van der Waals surface area contributed by atoms with Gasteiger partial charge in [-0.25, -0.2) is 13.2 Å². The highest BCUT2D eigenvalue weighted by Crippen LogP contribution is 2.27. The number of sulfonamides is 1. The van der Waals surface area contributed by atoms with Gasteiger partial charge in [-0.2, -0.15) is 0 Å². The molecule has 0 aromatic heterocycles. The number of urea groups is 1. The van der Waals surface area contributed by atoms with Crippen molar-refractivity contribution in [3.05, 3.63) is 47.5 Å². The van der Waals surface area contributed by atoms with Crippen LogP contribution in [0.5, 0.6) is 5.75 Å². The number of rotatable bonds is 5. The number of nitrogens with zero attached hydrogens (tertiary/aromatic N) is 1. The number of likely N-dealkylation sites (tertiary alicyclic amines) is 1. The van der Waals surface area contributed by atoms with Crippen LogP contribution in [0.3, 0.4) is 0 Å². The second-order valence-electron chi connectivity index (χ2n) is 7.60. The lowest BCUT2D eigenvalue weighted by atomic mass is 10.1. The van der Waals surface area contributed by atoms with Gasteiger partial charge in [0.2, 0.25) is 0 Å². The molecule has 0 radical (unpaired) electrons. The first-order valence-corrected chi connectivity index (χ1v) is 11.6. The Kier molecular flexibility index (Phi) is 6.87. The molecule has 0 atom stereocenters. The number of amides is 2. The van der Waals surface area contributed by atoms with Crippen LogP contribution in [0.25, 0.3) is 0 Å². The molecule has 0 unspecified atom stereocenters. The average molecular weight is 432 g/mol. The van der Waals surface area contributed by atoms with Gasteiger partial charge in [-0.3, -0.25) is 4.72 Å². The Bertz CT molecular complexity index is 996. The van der Waals surface area contributed by atoms with Crippen molar-refractivity contribution in [3.8, 4) is 5.75 Å². The molecule has 1 heterocycles. The Hall–Kier alpha value is -2.74. The minimum atomic E-state index is -3.75. The fraction of sp³-hybridized carbons (Fsp3) is 0.409. The predicted octanol–water partition coefficient (Wildman–Crippen LogP) is 4.52. The first-order valence-electron chi connectivity index (χ1n) is 10.1. The summed E-state index contributed by atoms with van der Waals surface area (Å²) in [6.45, 7) is 5.08. The summed E-state index contributed by atoms with van der Waals surface area (Å²) in [7, 11) is -2.19. The molecule has 2 amide bonds. The quantitative estimate of drug-likeness (QED) is 0.729. The standard InChI is InChI=1S/C22H29N3O4S/c1-16-15-21(17(2)14-20(16)29-3)30(27,28)24-19-10-8-18(9-11-19)23-22(26)25-12-6-4-5-7-13-25/h8-11,14-15,24H,4-7,12-13H2,1-3H3,(H,23,26). The lowest BCUT2D eigenvalue weighted by Gasteiger charge is -2.21. The van der Waals surface area contributed by atoms with Gasteiger partial charge in [0.1, 0.15) is 5.75 Å². The van der Waals surface area contributed by atoms with Gasteiger partial charge in [0.05, 0.1) is 12.0 Å². The summed E-state index contributed by atoms with van der Waals surface area (Å²) in [5, 5.41) is 2.89. The molecule has 1 aliphatic heterocycles. The first-order chi connectivity index (χ1) is 14.3. The summed E-state index contributed by atoms with van der Waals surface area (Å²) in [6.07, 6.45) is 4.37. The second-order valence-corrected chi connectivity index (χ2v) is 9.25. The fourth-order valence-electron chi connectivity index (χ4n) is 3.58. The van der Waals surface area contributed by atoms with Crippen molar-refractivity contribution in [2.24, 2.45) is 0 Å². The molecular weight excluding hydrogens is 402 g/mol. The van der Waals surface area contributed by atoms with E-state index < -0.39 is 10.0 Å². The summed E-state index contributed by atoms with van der Waals surface area (Å²) in [5.41, 5.74) is 2.40. The number of anilines is 2. The molecule has 30 heavy (non-hydrogen) atoms. The summed E-state index contributed by atoms with van der Waals surface area (Å²) in [5.74, 6) is 0.649. The highest BCUT2D eigenvalue weighted by molar-refractivity contribution is 7.92. The third kappa shape index (κ3) is 5.24. The summed E-state index contributed by atoms with van der Waals surface area (Å²) in [6, 6.07) is 9.87. The van der Waals surface area contributed by atoms with Crippen molar-refractivity contribution < 1.29 is 17.9 Å². The van der Waals surface area contributed by atoms with Crippen LogP contribution in [0.1, 0.15) is 36.8 Å². The number of carbonyl (C=O) groups is 1. The van der Waals surface area contributed by atoms with E-state index in [1.807, 2.05) is 4.90 Å². The fourth-order valence-corrected chi connectivity index (χ4v) is 4.95. The molecular formula is C22H29N3O4S. The number of carbonyl (C=O) groups excluding carboxylic acids is 1. The molecule has 8 heteroatoms. The topological polar surface area (TPSA) is 87.7 Å². The van der Waals surface area contributed by atoms with E-state index in [0.29, 0.717) is 22.7 Å². The lowest BCUT2D eigenvalue weighted by Crippen LogP contribution is -2.35. The second kappa shape index (κ2) is 9.38. The maximum Gasteiger partial charge on any atom is 0.321 e. The van der Waals surface area contributed by atoms with Gasteiger partial charge in [-0.1, -0.05) is 12.8 Å². The Morgan fingerprint density at radius 3 is 2.13 bits per heavy atom. The normalized spacial score (nSPS) is 14.7. The zero-order valence-corrected chi connectivity index (χ0v) is 18.5. The molecule has 7 nitrogen and oxygen atoms in total. The Morgan fingerprint density at radius 1 is 0.933 bits per heavy atom. The Balaban J connectivity index is 1.69. The molecule has 0 saturated carbocycles. The zero-order chi connectivity index (χ0) is 21.7. The summed E-state index contributed by atoms with van der Waals surface area (Å²) in [4.78, 5) is 14.5. The molecule has 162 valence electrons. The van der Waals surface area contributed by atoms with Crippen molar-refractivity contribution >= 4 is 27.4 Å². The van der Waals surface area contributed by atoms with Crippen molar-refractivity contribution in [1.82, 2.24) is 4.90 Å². The molecule has 3 rings (SSSR count). The summed E-state index contributed by atoms with van der Waals surface area (Å²) < 4.78 is 33.5. The Labute approximate surface area is 178 Å². The molecule has 2 N–H and O–H groups in total. The molecule has 2 aromatic carbocycles. The number of hydrogen-bond donors (Lipinski definition) is 2. The molecule has 1 aliphatic rings. The van der Waals surface area contributed by atoms with Crippen molar-refractivity contribution in [2.75, 3.05) is 30.2 Å². The third-order valence-electron chi connectivity index (χ3n) is 5.26. The SMILES string of the molecule is COc1cc(C)c(S(=O)(=O)Nc2ccc(NC(=O)N3CCCCCC3)cc2)cc1C. The molecule has 1 fully saturated rings. The molecule has 0 aliphatic carbocycles. The van der Waals surface area contributed by atoms with Gasteiger partial charge in [0, 0.05) is 24.5 Å². The van der Waals surface area contributed by atoms with E-state index in [-0.39, 0.29) is 10.9 Å². The lowest BCUT2D eigenvalue weighted by molar-refractivity contribution is 0.214. The van der Waals surface area contributed by atoms with Crippen molar-refractivity contribution in [3.63, 3.8) is 0 Å². The molecule has 0 spiro atoms. The van der Waals surface area contributed by atoms with E-state index in [9.17, 15) is 13.2 Å². The van der Waals surface area contributed by atoms with Crippen molar-refractivity contribution in [1.29, 1.82) is 0 Å². The predicted molar refractivity (Wildman–Crippen MR) is 119 cm³/mol. The maximum absolute atomic E-state index is 12.8. The van der Waals surface area contributed by atoms with E-state index in [4.69, 9.17) is 4.74 Å². The number of benzene rings is 2. The monoisotopic (exact) mass is 431 g/mol. The maximum atomic E-state index is 12.8. The van der Waals surface area contributed by atoms with Crippen LogP contribution in [-0.4, -0.2) is 39.5 Å². The number of aryl methyl sites for hydroxylation is 2. The van der Waals surface area contributed by atoms with E-state index in [1.165, 1.54) is 0 Å². The largest absolute Gasteiger partial charge is 0.496 e. The smallest absolute Gasteiger partial charge is 0.321 e. The van der Waals surface area contributed by atoms with E-state index in [2.05, 4.69) is 10.0 Å². The van der Waals surface area contributed by atoms with Gasteiger partial charge in [0.15, 0.2) is 0 Å². The van der Waals surface area contributed by atoms with Crippen LogP contribution in [-0.2, 0) is 10.0 Å². The minimum Gasteiger partial charge on any atom is -0.496 e.